The number of anilines is 2. The molecule has 23 heavy (non-hydrogen) atoms. The van der Waals surface area contributed by atoms with Gasteiger partial charge in [0, 0.05) is 24.3 Å². The van der Waals surface area contributed by atoms with Crippen LogP contribution in [0.1, 0.15) is 43.0 Å². The average molecular weight is 308 g/mol. The normalized spacial score (nSPS) is 20.1. The van der Waals surface area contributed by atoms with Gasteiger partial charge in [0.1, 0.15) is 0 Å². The van der Waals surface area contributed by atoms with Crippen LogP contribution >= 0.6 is 0 Å². The number of carbonyl (C=O) groups excluding carboxylic acids is 1. The van der Waals surface area contributed by atoms with Gasteiger partial charge in [-0.1, -0.05) is 24.3 Å². The third-order valence-corrected chi connectivity index (χ3v) is 4.49. The van der Waals surface area contributed by atoms with Gasteiger partial charge in [-0.15, -0.1) is 0 Å². The molecule has 3 nitrogen and oxygen atoms in total. The quantitative estimate of drug-likeness (QED) is 0.879. The number of rotatable bonds is 2. The van der Waals surface area contributed by atoms with Crippen molar-refractivity contribution in [3.8, 4) is 0 Å². The lowest BCUT2D eigenvalue weighted by atomic mass is 9.91. The fourth-order valence-electron chi connectivity index (χ4n) is 3.69. The van der Waals surface area contributed by atoms with Crippen LogP contribution in [0.4, 0.5) is 11.4 Å². The zero-order chi connectivity index (χ0) is 16.6. The van der Waals surface area contributed by atoms with E-state index in [0.717, 1.165) is 17.8 Å². The van der Waals surface area contributed by atoms with Crippen LogP contribution in [-0.4, -0.2) is 11.9 Å². The molecule has 0 saturated carbocycles. The van der Waals surface area contributed by atoms with Gasteiger partial charge in [-0.25, -0.2) is 0 Å². The van der Waals surface area contributed by atoms with Crippen molar-refractivity contribution in [2.75, 3.05) is 10.2 Å². The predicted molar refractivity (Wildman–Crippen MR) is 96.0 cm³/mol. The molecule has 2 aromatic carbocycles. The number of para-hydroxylation sites is 1. The highest BCUT2D eigenvalue weighted by atomic mass is 16.2. The van der Waals surface area contributed by atoms with Gasteiger partial charge in [0.25, 0.3) is 0 Å². The molecule has 0 saturated heterocycles. The minimum absolute atomic E-state index is 0.106. The molecule has 2 unspecified atom stereocenters. The monoisotopic (exact) mass is 308 g/mol. The van der Waals surface area contributed by atoms with Crippen LogP contribution in [0.15, 0.2) is 42.5 Å². The van der Waals surface area contributed by atoms with Crippen molar-refractivity contribution in [3.05, 3.63) is 59.2 Å². The molecule has 0 aliphatic carbocycles. The summed E-state index contributed by atoms with van der Waals surface area (Å²) in [5.41, 5.74) is 5.89. The molecule has 0 spiro atoms. The van der Waals surface area contributed by atoms with Crippen molar-refractivity contribution in [2.24, 2.45) is 0 Å². The molecule has 3 rings (SSSR count). The van der Waals surface area contributed by atoms with Crippen LogP contribution in [0.5, 0.6) is 0 Å². The maximum absolute atomic E-state index is 12.0. The minimum atomic E-state index is 0.106. The van der Waals surface area contributed by atoms with Gasteiger partial charge in [-0.05, 0) is 62.1 Å². The Hall–Kier alpha value is -2.29. The molecule has 0 bridgehead atoms. The Morgan fingerprint density at radius 1 is 1.13 bits per heavy atom. The second-order valence-electron chi connectivity index (χ2n) is 6.61. The van der Waals surface area contributed by atoms with Crippen LogP contribution in [0, 0.1) is 13.8 Å². The van der Waals surface area contributed by atoms with Gasteiger partial charge in [0.05, 0.1) is 6.04 Å². The summed E-state index contributed by atoms with van der Waals surface area (Å²) in [6.07, 6.45) is 0.906. The smallest absolute Gasteiger partial charge is 0.224 e. The van der Waals surface area contributed by atoms with Crippen molar-refractivity contribution in [1.82, 2.24) is 0 Å². The average Bonchev–Trinajstić information content (AvgIpc) is 2.45. The van der Waals surface area contributed by atoms with Gasteiger partial charge in [0.2, 0.25) is 5.91 Å². The summed E-state index contributed by atoms with van der Waals surface area (Å²) in [4.78, 5) is 13.9. The number of amides is 1. The van der Waals surface area contributed by atoms with Gasteiger partial charge in [0.15, 0.2) is 0 Å². The van der Waals surface area contributed by atoms with Crippen LogP contribution < -0.4 is 10.2 Å². The summed E-state index contributed by atoms with van der Waals surface area (Å²) in [6, 6.07) is 15.2. The number of hydrogen-bond donors (Lipinski definition) is 1. The van der Waals surface area contributed by atoms with E-state index in [1.807, 2.05) is 23.1 Å². The number of fused-ring (bicyclic) bond motifs is 1. The Labute approximate surface area is 138 Å². The van der Waals surface area contributed by atoms with E-state index in [2.05, 4.69) is 50.4 Å². The Balaban J connectivity index is 1.97. The van der Waals surface area contributed by atoms with Gasteiger partial charge >= 0.3 is 0 Å². The number of nitrogens with one attached hydrogen (secondary N) is 1. The molecule has 0 fully saturated rings. The van der Waals surface area contributed by atoms with Crippen molar-refractivity contribution in [2.45, 2.75) is 46.2 Å². The SMILES string of the molecule is CC(=O)N1c2ccccc2C(Nc2cc(C)cc(C)c2)CC1C. The Morgan fingerprint density at radius 2 is 1.78 bits per heavy atom. The highest BCUT2D eigenvalue weighted by Gasteiger charge is 2.31. The number of hydrogen-bond acceptors (Lipinski definition) is 2. The van der Waals surface area contributed by atoms with Crippen LogP contribution in [-0.2, 0) is 4.79 Å². The zero-order valence-electron chi connectivity index (χ0n) is 14.3. The van der Waals surface area contributed by atoms with E-state index in [-0.39, 0.29) is 18.0 Å². The van der Waals surface area contributed by atoms with E-state index in [4.69, 9.17) is 0 Å². The lowest BCUT2D eigenvalue weighted by Crippen LogP contribution is -2.43. The summed E-state index contributed by atoms with van der Waals surface area (Å²) < 4.78 is 0. The largest absolute Gasteiger partial charge is 0.378 e. The molecular weight excluding hydrogens is 284 g/mol. The highest BCUT2D eigenvalue weighted by molar-refractivity contribution is 5.93. The summed E-state index contributed by atoms with van der Waals surface area (Å²) in [5.74, 6) is 0.106. The lowest BCUT2D eigenvalue weighted by molar-refractivity contribution is -0.117. The van der Waals surface area contributed by atoms with Crippen molar-refractivity contribution >= 4 is 17.3 Å². The summed E-state index contributed by atoms with van der Waals surface area (Å²) in [7, 11) is 0. The van der Waals surface area contributed by atoms with Gasteiger partial charge in [-0.2, -0.15) is 0 Å². The molecule has 1 aliphatic heterocycles. The topological polar surface area (TPSA) is 32.3 Å². The summed E-state index contributed by atoms with van der Waals surface area (Å²) in [5, 5.41) is 3.67. The molecule has 1 heterocycles. The number of nitrogens with zero attached hydrogens (tertiary/aromatic N) is 1. The summed E-state index contributed by atoms with van der Waals surface area (Å²) in [6.45, 7) is 8.00. The fraction of sp³-hybridized carbons (Fsp3) is 0.350. The molecule has 120 valence electrons. The molecule has 1 aliphatic rings. The van der Waals surface area contributed by atoms with E-state index in [9.17, 15) is 4.79 Å². The molecule has 2 aromatic rings. The van der Waals surface area contributed by atoms with E-state index < -0.39 is 0 Å². The Kier molecular flexibility index (Phi) is 4.12. The molecule has 1 amide bonds. The van der Waals surface area contributed by atoms with Crippen molar-refractivity contribution in [3.63, 3.8) is 0 Å². The Bertz CT molecular complexity index is 718. The molecule has 0 aromatic heterocycles. The van der Waals surface area contributed by atoms with Crippen molar-refractivity contribution < 1.29 is 4.79 Å². The standard InChI is InChI=1S/C20H24N2O/c1-13-9-14(2)11-17(10-13)21-19-12-15(3)22(16(4)23)20-8-6-5-7-18(19)20/h5-11,15,19,21H,12H2,1-4H3. The molecule has 2 atom stereocenters. The van der Waals surface area contributed by atoms with Crippen LogP contribution in [0.2, 0.25) is 0 Å². The minimum Gasteiger partial charge on any atom is -0.378 e. The van der Waals surface area contributed by atoms with Gasteiger partial charge in [-0.3, -0.25) is 4.79 Å². The first-order valence-electron chi connectivity index (χ1n) is 8.19. The fourth-order valence-corrected chi connectivity index (χ4v) is 3.69. The first-order valence-corrected chi connectivity index (χ1v) is 8.19. The zero-order valence-corrected chi connectivity index (χ0v) is 14.3. The second kappa shape index (κ2) is 6.07. The third-order valence-electron chi connectivity index (χ3n) is 4.49. The van der Waals surface area contributed by atoms with E-state index in [1.165, 1.54) is 16.7 Å². The third kappa shape index (κ3) is 3.09. The number of carbonyl (C=O) groups is 1. The molecule has 3 heteroatoms. The van der Waals surface area contributed by atoms with E-state index in [0.29, 0.717) is 0 Å². The van der Waals surface area contributed by atoms with Crippen molar-refractivity contribution in [1.29, 1.82) is 0 Å². The maximum atomic E-state index is 12.0. The summed E-state index contributed by atoms with van der Waals surface area (Å²) >= 11 is 0. The van der Waals surface area contributed by atoms with Crippen LogP contribution in [0.3, 0.4) is 0 Å². The number of benzene rings is 2. The molecule has 0 radical (unpaired) electrons. The predicted octanol–water partition coefficient (Wildman–Crippen LogP) is 4.60. The van der Waals surface area contributed by atoms with Gasteiger partial charge < -0.3 is 10.2 Å². The van der Waals surface area contributed by atoms with E-state index >= 15 is 0 Å². The maximum Gasteiger partial charge on any atom is 0.224 e. The highest BCUT2D eigenvalue weighted by Crippen LogP contribution is 2.38. The first-order chi connectivity index (χ1) is 11.0. The number of aryl methyl sites for hydroxylation is 2. The lowest BCUT2D eigenvalue weighted by Gasteiger charge is -2.39. The molecule has 1 N–H and O–H groups in total. The second-order valence-corrected chi connectivity index (χ2v) is 6.61. The van der Waals surface area contributed by atoms with E-state index in [1.54, 1.807) is 6.92 Å². The molecular formula is C20H24N2O. The van der Waals surface area contributed by atoms with Crippen LogP contribution in [0.25, 0.3) is 0 Å². The first kappa shape index (κ1) is 15.6. The Morgan fingerprint density at radius 3 is 2.43 bits per heavy atom.